The molecule has 0 atom stereocenters. The van der Waals surface area contributed by atoms with Gasteiger partial charge in [-0.25, -0.2) is 5.84 Å². The predicted molar refractivity (Wildman–Crippen MR) is 60.8 cm³/mol. The molecule has 17 heavy (non-hydrogen) atoms. The van der Waals surface area contributed by atoms with Crippen molar-refractivity contribution in [3.63, 3.8) is 0 Å². The van der Waals surface area contributed by atoms with Gasteiger partial charge in [0.05, 0.1) is 5.56 Å². The van der Waals surface area contributed by atoms with Crippen LogP contribution in [0.1, 0.15) is 24.8 Å². The third kappa shape index (κ3) is 3.76. The number of aromatic amines is 1. The number of amides is 1. The number of rotatable bonds is 5. The number of hydrogen-bond donors (Lipinski definition) is 5. The van der Waals surface area contributed by atoms with Crippen LogP contribution in [0.2, 0.25) is 0 Å². The van der Waals surface area contributed by atoms with Gasteiger partial charge in [0.2, 0.25) is 17.7 Å². The maximum Gasteiger partial charge on any atom is 0.259 e. The monoisotopic (exact) mass is 241 g/mol. The molecule has 0 aromatic carbocycles. The molecule has 7 N–H and O–H groups in total. The zero-order chi connectivity index (χ0) is 12.8. The number of hydrogen-bond acceptors (Lipinski definition) is 6. The molecule has 0 fully saturated rings. The summed E-state index contributed by atoms with van der Waals surface area (Å²) >= 11 is 0. The van der Waals surface area contributed by atoms with Crippen LogP contribution in [-0.2, 0) is 11.2 Å². The molecule has 0 bridgehead atoms. The van der Waals surface area contributed by atoms with Crippen molar-refractivity contribution in [3.8, 4) is 5.88 Å². The molecule has 8 nitrogen and oxygen atoms in total. The van der Waals surface area contributed by atoms with Crippen molar-refractivity contribution >= 4 is 11.9 Å². The largest absolute Gasteiger partial charge is 0.493 e. The van der Waals surface area contributed by atoms with Crippen LogP contribution in [0.5, 0.6) is 5.88 Å². The lowest BCUT2D eigenvalue weighted by Crippen LogP contribution is -2.29. The number of aromatic hydroxyl groups is 1. The first-order valence-corrected chi connectivity index (χ1v) is 5.11. The van der Waals surface area contributed by atoms with E-state index in [0.717, 1.165) is 0 Å². The van der Waals surface area contributed by atoms with E-state index in [1.54, 1.807) is 0 Å². The van der Waals surface area contributed by atoms with Crippen molar-refractivity contribution < 1.29 is 9.90 Å². The van der Waals surface area contributed by atoms with E-state index in [-0.39, 0.29) is 29.7 Å². The minimum absolute atomic E-state index is 0.126. The summed E-state index contributed by atoms with van der Waals surface area (Å²) in [6.45, 7) is 0. The van der Waals surface area contributed by atoms with Gasteiger partial charge in [0, 0.05) is 6.42 Å². The van der Waals surface area contributed by atoms with E-state index in [2.05, 4.69) is 9.97 Å². The van der Waals surface area contributed by atoms with E-state index in [9.17, 15) is 14.7 Å². The van der Waals surface area contributed by atoms with Crippen LogP contribution in [0.4, 0.5) is 5.95 Å². The molecule has 1 rings (SSSR count). The fourth-order valence-electron chi connectivity index (χ4n) is 1.39. The maximum atomic E-state index is 11.4. The Balaban J connectivity index is 2.53. The highest BCUT2D eigenvalue weighted by Gasteiger charge is 2.09. The molecule has 0 spiro atoms. The second-order valence-corrected chi connectivity index (χ2v) is 3.53. The highest BCUT2D eigenvalue weighted by molar-refractivity contribution is 5.75. The van der Waals surface area contributed by atoms with Crippen LogP contribution in [0.25, 0.3) is 0 Å². The van der Waals surface area contributed by atoms with E-state index < -0.39 is 5.56 Å². The predicted octanol–water partition coefficient (Wildman–Crippen LogP) is -1.24. The number of carbonyl (C=O) groups is 1. The second-order valence-electron chi connectivity index (χ2n) is 3.53. The number of nitrogen functional groups attached to an aromatic ring is 1. The number of aromatic nitrogens is 2. The Bertz CT molecular complexity index is 456. The second kappa shape index (κ2) is 5.85. The maximum absolute atomic E-state index is 11.4. The molecule has 1 aromatic heterocycles. The highest BCUT2D eigenvalue weighted by Crippen LogP contribution is 2.12. The third-order valence-corrected chi connectivity index (χ3v) is 2.25. The number of hydrazine groups is 1. The number of nitrogens with one attached hydrogen (secondary N) is 2. The van der Waals surface area contributed by atoms with Gasteiger partial charge < -0.3 is 10.8 Å². The summed E-state index contributed by atoms with van der Waals surface area (Å²) in [5.41, 5.74) is 6.97. The summed E-state index contributed by atoms with van der Waals surface area (Å²) in [7, 11) is 0. The molecule has 0 unspecified atom stereocenters. The zero-order valence-electron chi connectivity index (χ0n) is 9.19. The Morgan fingerprint density at radius 3 is 2.76 bits per heavy atom. The van der Waals surface area contributed by atoms with Crippen LogP contribution in [0, 0.1) is 0 Å². The van der Waals surface area contributed by atoms with Gasteiger partial charge in [-0.05, 0) is 19.3 Å². The van der Waals surface area contributed by atoms with Crippen molar-refractivity contribution in [2.24, 2.45) is 5.84 Å². The van der Waals surface area contributed by atoms with Crippen molar-refractivity contribution in [2.45, 2.75) is 25.7 Å². The Morgan fingerprint density at radius 1 is 1.47 bits per heavy atom. The van der Waals surface area contributed by atoms with Gasteiger partial charge in [0.15, 0.2) is 0 Å². The number of nitrogens with two attached hydrogens (primary N) is 2. The Labute approximate surface area is 97.0 Å². The fraction of sp³-hybridized carbons (Fsp3) is 0.444. The number of H-pyrrole nitrogens is 1. The average molecular weight is 241 g/mol. The summed E-state index contributed by atoms with van der Waals surface area (Å²) in [6.07, 6.45) is 1.73. The molecule has 1 amide bonds. The van der Waals surface area contributed by atoms with Gasteiger partial charge in [0.1, 0.15) is 0 Å². The quantitative estimate of drug-likeness (QED) is 0.188. The Kier molecular flexibility index (Phi) is 4.46. The van der Waals surface area contributed by atoms with Crippen molar-refractivity contribution in [3.05, 3.63) is 15.9 Å². The van der Waals surface area contributed by atoms with Gasteiger partial charge in [-0.15, -0.1) is 0 Å². The van der Waals surface area contributed by atoms with E-state index in [4.69, 9.17) is 11.6 Å². The molecular formula is C9H15N5O3. The topological polar surface area (TPSA) is 147 Å². The van der Waals surface area contributed by atoms with Gasteiger partial charge >= 0.3 is 0 Å². The Morgan fingerprint density at radius 2 is 2.18 bits per heavy atom. The van der Waals surface area contributed by atoms with Gasteiger partial charge in [0.25, 0.3) is 5.56 Å². The van der Waals surface area contributed by atoms with Crippen molar-refractivity contribution in [1.29, 1.82) is 0 Å². The molecule has 0 aliphatic heterocycles. The normalized spacial score (nSPS) is 10.2. The van der Waals surface area contributed by atoms with Gasteiger partial charge in [-0.3, -0.25) is 20.0 Å². The van der Waals surface area contributed by atoms with E-state index >= 15 is 0 Å². The minimum Gasteiger partial charge on any atom is -0.493 e. The summed E-state index contributed by atoms with van der Waals surface area (Å²) in [5, 5.41) is 9.42. The van der Waals surface area contributed by atoms with Crippen molar-refractivity contribution in [1.82, 2.24) is 15.4 Å². The fourth-order valence-corrected chi connectivity index (χ4v) is 1.39. The smallest absolute Gasteiger partial charge is 0.259 e. The molecule has 0 saturated heterocycles. The van der Waals surface area contributed by atoms with Crippen LogP contribution in [0.3, 0.4) is 0 Å². The highest BCUT2D eigenvalue weighted by atomic mass is 16.3. The van der Waals surface area contributed by atoms with Crippen LogP contribution < -0.4 is 22.6 Å². The molecule has 1 heterocycles. The number of carbonyl (C=O) groups excluding carboxylic acids is 1. The first-order chi connectivity index (χ1) is 8.04. The summed E-state index contributed by atoms with van der Waals surface area (Å²) in [6, 6.07) is 0. The van der Waals surface area contributed by atoms with E-state index in [1.807, 2.05) is 5.43 Å². The summed E-state index contributed by atoms with van der Waals surface area (Å²) in [4.78, 5) is 28.1. The molecule has 0 aliphatic rings. The van der Waals surface area contributed by atoms with Gasteiger partial charge in [-0.1, -0.05) is 0 Å². The SMILES string of the molecule is NNC(=O)CCCCc1c(O)nc(N)[nH]c1=O. The number of nitrogens with zero attached hydrogens (tertiary/aromatic N) is 1. The van der Waals surface area contributed by atoms with E-state index in [0.29, 0.717) is 19.3 Å². The first kappa shape index (κ1) is 13.0. The number of anilines is 1. The van der Waals surface area contributed by atoms with Crippen molar-refractivity contribution in [2.75, 3.05) is 5.73 Å². The molecule has 8 heteroatoms. The van der Waals surface area contributed by atoms with Gasteiger partial charge in [-0.2, -0.15) is 4.98 Å². The molecule has 0 saturated carbocycles. The Hall–Kier alpha value is -2.09. The van der Waals surface area contributed by atoms with Crippen LogP contribution in [-0.4, -0.2) is 21.0 Å². The third-order valence-electron chi connectivity index (χ3n) is 2.25. The lowest BCUT2D eigenvalue weighted by Gasteiger charge is -2.03. The van der Waals surface area contributed by atoms with E-state index in [1.165, 1.54) is 0 Å². The lowest BCUT2D eigenvalue weighted by atomic mass is 10.1. The summed E-state index contributed by atoms with van der Waals surface area (Å²) in [5.74, 6) is 4.15. The van der Waals surface area contributed by atoms with Crippen LogP contribution >= 0.6 is 0 Å². The minimum atomic E-state index is -0.460. The number of unbranched alkanes of at least 4 members (excludes halogenated alkanes) is 1. The summed E-state index contributed by atoms with van der Waals surface area (Å²) < 4.78 is 0. The molecule has 94 valence electrons. The molecule has 1 aromatic rings. The molecule has 0 aliphatic carbocycles. The zero-order valence-corrected chi connectivity index (χ0v) is 9.19. The van der Waals surface area contributed by atoms with Crippen LogP contribution in [0.15, 0.2) is 4.79 Å². The molecule has 0 radical (unpaired) electrons. The lowest BCUT2D eigenvalue weighted by molar-refractivity contribution is -0.121. The standard InChI is InChI=1S/C9H15N5O3/c10-9-12-7(16)5(8(17)13-9)3-1-2-4-6(15)14-11/h1-4,11H2,(H,14,15)(H4,10,12,13,16,17). The first-order valence-electron chi connectivity index (χ1n) is 5.11. The molecular weight excluding hydrogens is 226 g/mol. The average Bonchev–Trinajstić information content (AvgIpc) is 2.26.